The minimum atomic E-state index is -0.485. The van der Waals surface area contributed by atoms with Crippen molar-refractivity contribution >= 4 is 17.4 Å². The Bertz CT molecular complexity index is 475. The Morgan fingerprint density at radius 1 is 1.38 bits per heavy atom. The lowest BCUT2D eigenvalue weighted by Crippen LogP contribution is -2.26. The molecule has 16 heavy (non-hydrogen) atoms. The van der Waals surface area contributed by atoms with Crippen LogP contribution in [0, 0.1) is 0 Å². The molecule has 1 aromatic carbocycles. The van der Waals surface area contributed by atoms with E-state index in [1.807, 2.05) is 32.0 Å². The summed E-state index contributed by atoms with van der Waals surface area (Å²) in [6, 6.07) is 5.74. The minimum Gasteiger partial charge on any atom is -0.326 e. The second kappa shape index (κ2) is 3.44. The number of anilines is 1. The van der Waals surface area contributed by atoms with Crippen LogP contribution in [0.1, 0.15) is 31.9 Å². The molecule has 0 radical (unpaired) electrons. The van der Waals surface area contributed by atoms with E-state index in [1.165, 1.54) is 0 Å². The summed E-state index contributed by atoms with van der Waals surface area (Å²) in [5, 5.41) is 2.78. The zero-order valence-corrected chi connectivity index (χ0v) is 9.76. The van der Waals surface area contributed by atoms with E-state index in [-0.39, 0.29) is 11.7 Å². The molecule has 1 amide bonds. The molecular weight excluding hydrogens is 202 g/mol. The first-order valence-corrected chi connectivity index (χ1v) is 5.35. The Morgan fingerprint density at radius 2 is 2.06 bits per heavy atom. The van der Waals surface area contributed by atoms with Gasteiger partial charge in [0.1, 0.15) is 5.78 Å². The van der Waals surface area contributed by atoms with Gasteiger partial charge in [-0.2, -0.15) is 0 Å². The maximum absolute atomic E-state index is 11.5. The van der Waals surface area contributed by atoms with Crippen molar-refractivity contribution in [3.63, 3.8) is 0 Å². The number of ketones is 1. The van der Waals surface area contributed by atoms with Crippen LogP contribution in [-0.2, 0) is 21.4 Å². The van der Waals surface area contributed by atoms with Crippen molar-refractivity contribution in [1.29, 1.82) is 0 Å². The number of carbonyl (C=O) groups is 2. The summed E-state index contributed by atoms with van der Waals surface area (Å²) in [5.74, 6) is 0.150. The molecule has 84 valence electrons. The van der Waals surface area contributed by atoms with E-state index in [2.05, 4.69) is 5.32 Å². The predicted molar refractivity (Wildman–Crippen MR) is 62.5 cm³/mol. The van der Waals surface area contributed by atoms with E-state index < -0.39 is 5.41 Å². The smallest absolute Gasteiger partial charge is 0.228 e. The van der Waals surface area contributed by atoms with Crippen LogP contribution in [0.15, 0.2) is 18.2 Å². The van der Waals surface area contributed by atoms with Crippen LogP contribution < -0.4 is 5.32 Å². The first-order valence-electron chi connectivity index (χ1n) is 5.35. The summed E-state index contributed by atoms with van der Waals surface area (Å²) in [7, 11) is 0. The fourth-order valence-electron chi connectivity index (χ4n) is 1.82. The maximum Gasteiger partial charge on any atom is 0.228 e. The molecule has 0 atom stereocenters. The number of Topliss-reactive ketones (excluding diaryl/α,β-unsaturated/α-hetero) is 1. The van der Waals surface area contributed by atoms with Gasteiger partial charge in [0.2, 0.25) is 5.91 Å². The predicted octanol–water partition coefficient (Wildman–Crippen LogP) is 2.05. The molecule has 1 heterocycles. The fourth-order valence-corrected chi connectivity index (χ4v) is 1.82. The highest BCUT2D eigenvalue weighted by Gasteiger charge is 2.28. The third-order valence-corrected chi connectivity index (χ3v) is 3.33. The van der Waals surface area contributed by atoms with Gasteiger partial charge >= 0.3 is 0 Å². The van der Waals surface area contributed by atoms with Crippen molar-refractivity contribution in [3.05, 3.63) is 29.3 Å². The number of hydrogen-bond acceptors (Lipinski definition) is 2. The third-order valence-electron chi connectivity index (χ3n) is 3.33. The van der Waals surface area contributed by atoms with Gasteiger partial charge in [-0.1, -0.05) is 12.1 Å². The second-order valence-electron chi connectivity index (χ2n) is 4.78. The topological polar surface area (TPSA) is 46.2 Å². The lowest BCUT2D eigenvalue weighted by atomic mass is 9.80. The van der Waals surface area contributed by atoms with Gasteiger partial charge in [-0.15, -0.1) is 0 Å². The number of nitrogens with one attached hydrogen (secondary N) is 1. The molecule has 0 unspecified atom stereocenters. The lowest BCUT2D eigenvalue weighted by Gasteiger charge is -2.22. The van der Waals surface area contributed by atoms with Crippen molar-refractivity contribution in [1.82, 2.24) is 0 Å². The molecule has 0 saturated heterocycles. The van der Waals surface area contributed by atoms with Crippen molar-refractivity contribution in [3.8, 4) is 0 Å². The van der Waals surface area contributed by atoms with Crippen LogP contribution in [0.3, 0.4) is 0 Å². The summed E-state index contributed by atoms with van der Waals surface area (Å²) >= 11 is 0. The largest absolute Gasteiger partial charge is 0.326 e. The molecule has 1 aliphatic heterocycles. The van der Waals surface area contributed by atoms with Crippen LogP contribution in [0.2, 0.25) is 0 Å². The minimum absolute atomic E-state index is 0.0211. The first kappa shape index (κ1) is 10.9. The van der Waals surface area contributed by atoms with E-state index in [4.69, 9.17) is 0 Å². The maximum atomic E-state index is 11.5. The van der Waals surface area contributed by atoms with Crippen molar-refractivity contribution in [2.75, 3.05) is 5.32 Å². The molecule has 3 heteroatoms. The zero-order valence-electron chi connectivity index (χ0n) is 9.76. The zero-order chi connectivity index (χ0) is 11.9. The van der Waals surface area contributed by atoms with Gasteiger partial charge in [0, 0.05) is 11.1 Å². The van der Waals surface area contributed by atoms with Crippen LogP contribution in [0.25, 0.3) is 0 Å². The number of hydrogen-bond donors (Lipinski definition) is 1. The van der Waals surface area contributed by atoms with Crippen LogP contribution >= 0.6 is 0 Å². The van der Waals surface area contributed by atoms with Gasteiger partial charge < -0.3 is 5.32 Å². The molecule has 0 bridgehead atoms. The second-order valence-corrected chi connectivity index (χ2v) is 4.78. The van der Waals surface area contributed by atoms with E-state index in [9.17, 15) is 9.59 Å². The number of benzene rings is 1. The van der Waals surface area contributed by atoms with Crippen molar-refractivity contribution in [2.24, 2.45) is 0 Å². The van der Waals surface area contributed by atoms with Crippen LogP contribution in [0.4, 0.5) is 5.69 Å². The van der Waals surface area contributed by atoms with Gasteiger partial charge in [-0.3, -0.25) is 9.59 Å². The standard InChI is InChI=1S/C13H15NO2/c1-8(15)13(2,3)10-4-5-11-9(6-10)7-12(16)14-11/h4-6H,7H2,1-3H3,(H,14,16). The molecule has 0 aromatic heterocycles. The Labute approximate surface area is 94.9 Å². The fraction of sp³-hybridized carbons (Fsp3) is 0.385. The molecule has 1 N–H and O–H groups in total. The van der Waals surface area contributed by atoms with Gasteiger partial charge in [-0.25, -0.2) is 0 Å². The Hall–Kier alpha value is -1.64. The Morgan fingerprint density at radius 3 is 2.69 bits per heavy atom. The number of fused-ring (bicyclic) bond motifs is 1. The van der Waals surface area contributed by atoms with Crippen LogP contribution in [-0.4, -0.2) is 11.7 Å². The van der Waals surface area contributed by atoms with Gasteiger partial charge in [0.25, 0.3) is 0 Å². The average Bonchev–Trinajstić information content (AvgIpc) is 2.56. The molecule has 0 aliphatic carbocycles. The van der Waals surface area contributed by atoms with Gasteiger partial charge in [0.05, 0.1) is 6.42 Å². The SMILES string of the molecule is CC(=O)C(C)(C)c1ccc2c(c1)CC(=O)N2. The summed E-state index contributed by atoms with van der Waals surface area (Å²) in [6.07, 6.45) is 0.414. The molecule has 1 aromatic rings. The highest BCUT2D eigenvalue weighted by Crippen LogP contribution is 2.30. The highest BCUT2D eigenvalue weighted by atomic mass is 16.1. The monoisotopic (exact) mass is 217 g/mol. The quantitative estimate of drug-likeness (QED) is 0.824. The van der Waals surface area contributed by atoms with E-state index in [0.717, 1.165) is 16.8 Å². The summed E-state index contributed by atoms with van der Waals surface area (Å²) in [4.78, 5) is 22.8. The van der Waals surface area contributed by atoms with E-state index in [1.54, 1.807) is 6.92 Å². The van der Waals surface area contributed by atoms with Gasteiger partial charge in [0.15, 0.2) is 0 Å². The summed E-state index contributed by atoms with van der Waals surface area (Å²) in [5.41, 5.74) is 2.33. The molecule has 0 saturated carbocycles. The normalized spacial score (nSPS) is 14.6. The van der Waals surface area contributed by atoms with E-state index in [0.29, 0.717) is 6.42 Å². The summed E-state index contributed by atoms with van der Waals surface area (Å²) < 4.78 is 0. The number of amides is 1. The third kappa shape index (κ3) is 1.62. The Kier molecular flexibility index (Phi) is 2.34. The molecule has 2 rings (SSSR count). The van der Waals surface area contributed by atoms with Gasteiger partial charge in [-0.05, 0) is 38.0 Å². The summed E-state index contributed by atoms with van der Waals surface area (Å²) in [6.45, 7) is 5.40. The molecule has 0 fully saturated rings. The molecule has 0 spiro atoms. The molecule has 3 nitrogen and oxygen atoms in total. The highest BCUT2D eigenvalue weighted by molar-refractivity contribution is 5.99. The molecular formula is C13H15NO2. The first-order chi connectivity index (χ1) is 7.41. The number of rotatable bonds is 2. The average molecular weight is 217 g/mol. The lowest BCUT2D eigenvalue weighted by molar-refractivity contribution is -0.121. The van der Waals surface area contributed by atoms with Crippen molar-refractivity contribution < 1.29 is 9.59 Å². The van der Waals surface area contributed by atoms with E-state index >= 15 is 0 Å². The number of carbonyl (C=O) groups excluding carboxylic acids is 2. The molecule has 1 aliphatic rings. The van der Waals surface area contributed by atoms with Crippen molar-refractivity contribution in [2.45, 2.75) is 32.6 Å². The Balaban J connectivity index is 2.43. The van der Waals surface area contributed by atoms with Crippen LogP contribution in [0.5, 0.6) is 0 Å².